The summed E-state index contributed by atoms with van der Waals surface area (Å²) in [5.74, 6) is -0.0931. The summed E-state index contributed by atoms with van der Waals surface area (Å²) in [5, 5.41) is 10.6. The van der Waals surface area contributed by atoms with E-state index in [1.807, 2.05) is 12.3 Å². The first-order chi connectivity index (χ1) is 10.7. The number of nitrogens with zero attached hydrogens (tertiary/aromatic N) is 5. The van der Waals surface area contributed by atoms with Crippen molar-refractivity contribution in [1.29, 1.82) is 0 Å². The van der Waals surface area contributed by atoms with Gasteiger partial charge in [-0.3, -0.25) is 14.5 Å². The Balaban J connectivity index is 1.59. The van der Waals surface area contributed by atoms with Crippen molar-refractivity contribution in [3.05, 3.63) is 57.8 Å². The monoisotopic (exact) mass is 410 g/mol. The molecule has 0 aliphatic rings. The molecule has 0 radical (unpaired) electrons. The highest BCUT2D eigenvalue weighted by molar-refractivity contribution is 14.1. The summed E-state index contributed by atoms with van der Waals surface area (Å²) < 4.78 is 7.64. The smallest absolute Gasteiger partial charge is 0.316 e. The highest BCUT2D eigenvalue weighted by Gasteiger charge is 2.15. The lowest BCUT2D eigenvalue weighted by atomic mass is 10.3. The van der Waals surface area contributed by atoms with E-state index in [2.05, 4.69) is 48.1 Å². The summed E-state index contributed by atoms with van der Waals surface area (Å²) in [7, 11) is 0. The third kappa shape index (κ3) is 3.67. The molecule has 0 unspecified atom stereocenters. The van der Waals surface area contributed by atoms with Crippen LogP contribution in [0, 0.1) is 3.57 Å². The lowest BCUT2D eigenvalue weighted by Crippen LogP contribution is -2.23. The Hall–Kier alpha value is -2.30. The molecule has 9 heteroatoms. The van der Waals surface area contributed by atoms with Crippen molar-refractivity contribution in [2.75, 3.05) is 0 Å². The van der Waals surface area contributed by atoms with Gasteiger partial charge in [0.1, 0.15) is 6.54 Å². The van der Waals surface area contributed by atoms with Crippen molar-refractivity contribution < 1.29 is 9.32 Å². The summed E-state index contributed by atoms with van der Waals surface area (Å²) in [4.78, 5) is 20.0. The van der Waals surface area contributed by atoms with Gasteiger partial charge in [-0.2, -0.15) is 10.1 Å². The fraction of sp³-hybridized carbons (Fsp3) is 0.154. The van der Waals surface area contributed by atoms with Crippen LogP contribution in [-0.2, 0) is 13.1 Å². The number of nitrogens with one attached hydrogen (secondary N) is 1. The maximum atomic E-state index is 11.9. The Morgan fingerprint density at radius 3 is 3.05 bits per heavy atom. The van der Waals surface area contributed by atoms with E-state index in [0.29, 0.717) is 18.9 Å². The maximum absolute atomic E-state index is 11.9. The quantitative estimate of drug-likeness (QED) is 0.636. The van der Waals surface area contributed by atoms with E-state index in [1.54, 1.807) is 29.3 Å². The maximum Gasteiger partial charge on any atom is 0.316 e. The van der Waals surface area contributed by atoms with Crippen molar-refractivity contribution in [3.63, 3.8) is 0 Å². The van der Waals surface area contributed by atoms with Crippen molar-refractivity contribution in [3.8, 4) is 0 Å². The van der Waals surface area contributed by atoms with Gasteiger partial charge in [0, 0.05) is 25.1 Å². The number of aromatic nitrogens is 5. The molecule has 3 heterocycles. The molecule has 3 aromatic heterocycles. The van der Waals surface area contributed by atoms with E-state index in [0.717, 1.165) is 9.13 Å². The van der Waals surface area contributed by atoms with Gasteiger partial charge in [-0.15, -0.1) is 0 Å². The van der Waals surface area contributed by atoms with Gasteiger partial charge < -0.3 is 9.84 Å². The van der Waals surface area contributed by atoms with Crippen LogP contribution in [0.3, 0.4) is 0 Å². The molecule has 3 rings (SSSR count). The molecular formula is C13H11IN6O2. The first-order valence-corrected chi connectivity index (χ1v) is 7.46. The van der Waals surface area contributed by atoms with Crippen LogP contribution in [0.15, 0.2) is 41.4 Å². The second kappa shape index (κ2) is 6.64. The number of carbonyl (C=O) groups is 1. The SMILES string of the molecule is O=C(NCc1cccnc1)c1nc(Cn2cc(I)cn2)no1. The topological polar surface area (TPSA) is 98.7 Å². The standard InChI is InChI=1S/C13H11IN6O2/c14-10-6-17-20(7-10)8-11-18-13(22-19-11)12(21)16-5-9-2-1-3-15-4-9/h1-4,6-7H,5,8H2,(H,16,21). The van der Waals surface area contributed by atoms with Gasteiger partial charge in [0.2, 0.25) is 0 Å². The average molecular weight is 410 g/mol. The first kappa shape index (κ1) is 14.6. The van der Waals surface area contributed by atoms with Gasteiger partial charge in [0.05, 0.1) is 9.77 Å². The molecule has 0 aliphatic heterocycles. The zero-order valence-electron chi connectivity index (χ0n) is 11.3. The Bertz CT molecular complexity index is 770. The van der Waals surface area contributed by atoms with E-state index in [4.69, 9.17) is 4.52 Å². The third-order valence-corrected chi connectivity index (χ3v) is 3.30. The van der Waals surface area contributed by atoms with Gasteiger partial charge >= 0.3 is 11.8 Å². The van der Waals surface area contributed by atoms with Gasteiger partial charge in [0.15, 0.2) is 5.82 Å². The second-order valence-electron chi connectivity index (χ2n) is 4.42. The van der Waals surface area contributed by atoms with Gasteiger partial charge in [-0.1, -0.05) is 11.2 Å². The molecule has 0 spiro atoms. The molecule has 0 bridgehead atoms. The highest BCUT2D eigenvalue weighted by atomic mass is 127. The predicted molar refractivity (Wildman–Crippen MR) is 83.8 cm³/mol. The van der Waals surface area contributed by atoms with Crippen molar-refractivity contribution in [2.45, 2.75) is 13.1 Å². The molecule has 1 amide bonds. The minimum absolute atomic E-state index is 0.0688. The zero-order valence-corrected chi connectivity index (χ0v) is 13.5. The first-order valence-electron chi connectivity index (χ1n) is 6.38. The molecule has 0 aliphatic carbocycles. The molecular weight excluding hydrogens is 399 g/mol. The minimum atomic E-state index is -0.419. The van der Waals surface area contributed by atoms with Crippen LogP contribution in [0.25, 0.3) is 0 Å². The largest absolute Gasteiger partial charge is 0.344 e. The fourth-order valence-electron chi connectivity index (χ4n) is 1.74. The van der Waals surface area contributed by atoms with E-state index in [9.17, 15) is 4.79 Å². The molecule has 22 heavy (non-hydrogen) atoms. The van der Waals surface area contributed by atoms with Gasteiger partial charge in [-0.05, 0) is 34.2 Å². The van der Waals surface area contributed by atoms with Crippen LogP contribution in [0.2, 0.25) is 0 Å². The summed E-state index contributed by atoms with van der Waals surface area (Å²) in [6.07, 6.45) is 6.92. The third-order valence-electron chi connectivity index (χ3n) is 2.74. The molecule has 112 valence electrons. The Kier molecular flexibility index (Phi) is 4.42. The summed E-state index contributed by atoms with van der Waals surface area (Å²) in [6, 6.07) is 3.67. The number of hydrogen-bond acceptors (Lipinski definition) is 6. The number of pyridine rings is 1. The van der Waals surface area contributed by atoms with Crippen LogP contribution in [-0.4, -0.2) is 30.8 Å². The fourth-order valence-corrected chi connectivity index (χ4v) is 2.19. The van der Waals surface area contributed by atoms with Gasteiger partial charge in [-0.25, -0.2) is 0 Å². The van der Waals surface area contributed by atoms with E-state index in [1.165, 1.54) is 0 Å². The Morgan fingerprint density at radius 2 is 2.32 bits per heavy atom. The molecule has 0 aromatic carbocycles. The predicted octanol–water partition coefficient (Wildman–Crippen LogP) is 1.24. The molecule has 0 saturated heterocycles. The number of carbonyl (C=O) groups excluding carboxylic acids is 1. The Labute approximate surface area is 139 Å². The average Bonchev–Trinajstić information content (AvgIpc) is 3.16. The van der Waals surface area contributed by atoms with E-state index < -0.39 is 5.91 Å². The van der Waals surface area contributed by atoms with Crippen LogP contribution in [0.1, 0.15) is 22.1 Å². The van der Waals surface area contributed by atoms with Crippen molar-refractivity contribution in [2.24, 2.45) is 0 Å². The Morgan fingerprint density at radius 1 is 1.41 bits per heavy atom. The number of rotatable bonds is 5. The van der Waals surface area contributed by atoms with Crippen LogP contribution >= 0.6 is 22.6 Å². The lowest BCUT2D eigenvalue weighted by molar-refractivity contribution is 0.0907. The summed E-state index contributed by atoms with van der Waals surface area (Å²) >= 11 is 2.16. The highest BCUT2D eigenvalue weighted by Crippen LogP contribution is 2.04. The van der Waals surface area contributed by atoms with Crippen molar-refractivity contribution >= 4 is 28.5 Å². The molecule has 1 N–H and O–H groups in total. The molecule has 0 atom stereocenters. The molecule has 0 saturated carbocycles. The summed E-state index contributed by atoms with van der Waals surface area (Å²) in [6.45, 7) is 0.699. The lowest BCUT2D eigenvalue weighted by Gasteiger charge is -2.00. The van der Waals surface area contributed by atoms with Crippen molar-refractivity contribution in [1.82, 2.24) is 30.2 Å². The molecule has 8 nitrogen and oxygen atoms in total. The normalized spacial score (nSPS) is 10.6. The second-order valence-corrected chi connectivity index (χ2v) is 5.66. The van der Waals surface area contributed by atoms with E-state index >= 15 is 0 Å². The van der Waals surface area contributed by atoms with Crippen LogP contribution in [0.5, 0.6) is 0 Å². The van der Waals surface area contributed by atoms with Crippen LogP contribution in [0.4, 0.5) is 0 Å². The van der Waals surface area contributed by atoms with Gasteiger partial charge in [0.25, 0.3) is 0 Å². The minimum Gasteiger partial charge on any atom is -0.344 e. The number of halogens is 1. The number of amides is 1. The summed E-state index contributed by atoms with van der Waals surface area (Å²) in [5.41, 5.74) is 0.890. The molecule has 3 aromatic rings. The van der Waals surface area contributed by atoms with Crippen LogP contribution < -0.4 is 5.32 Å². The van der Waals surface area contributed by atoms with E-state index in [-0.39, 0.29) is 5.89 Å². The number of hydrogen-bond donors (Lipinski definition) is 1. The zero-order chi connectivity index (χ0) is 15.4. The molecule has 0 fully saturated rings.